The van der Waals surface area contributed by atoms with E-state index in [0.717, 1.165) is 13.0 Å². The summed E-state index contributed by atoms with van der Waals surface area (Å²) in [6.07, 6.45) is 4.07. The highest BCUT2D eigenvalue weighted by molar-refractivity contribution is 5.35. The topological polar surface area (TPSA) is 51.3 Å². The van der Waals surface area contributed by atoms with Crippen molar-refractivity contribution in [2.45, 2.75) is 25.4 Å². The molecule has 5 nitrogen and oxygen atoms in total. The molecule has 5 heteroatoms. The van der Waals surface area contributed by atoms with Crippen LogP contribution < -0.4 is 11.0 Å². The minimum Gasteiger partial charge on any atom is -0.312 e. The van der Waals surface area contributed by atoms with Gasteiger partial charge in [0.15, 0.2) is 5.65 Å². The fourth-order valence-corrected chi connectivity index (χ4v) is 2.21. The minimum absolute atomic E-state index is 0.0516. The lowest BCUT2D eigenvalue weighted by atomic mass is 10.2. The quantitative estimate of drug-likeness (QED) is 0.786. The van der Waals surface area contributed by atoms with Crippen LogP contribution in [0.25, 0.3) is 5.65 Å². The summed E-state index contributed by atoms with van der Waals surface area (Å²) < 4.78 is 3.13. The second kappa shape index (κ2) is 3.75. The third-order valence-electron chi connectivity index (χ3n) is 3.04. The Morgan fingerprint density at radius 3 is 3.19 bits per heavy atom. The molecule has 1 atom stereocenters. The van der Waals surface area contributed by atoms with Gasteiger partial charge in [-0.1, -0.05) is 6.07 Å². The monoisotopic (exact) mass is 218 g/mol. The first-order valence-corrected chi connectivity index (χ1v) is 5.62. The Balaban J connectivity index is 1.97. The average molecular weight is 218 g/mol. The van der Waals surface area contributed by atoms with Crippen molar-refractivity contribution >= 4 is 5.65 Å². The van der Waals surface area contributed by atoms with Crippen LogP contribution in [0.5, 0.6) is 0 Å². The van der Waals surface area contributed by atoms with Crippen molar-refractivity contribution in [2.75, 3.05) is 6.54 Å². The molecule has 0 aliphatic carbocycles. The largest absolute Gasteiger partial charge is 0.350 e. The summed E-state index contributed by atoms with van der Waals surface area (Å²) in [5.41, 5.74) is 0.662. The van der Waals surface area contributed by atoms with E-state index in [-0.39, 0.29) is 5.69 Å². The van der Waals surface area contributed by atoms with Gasteiger partial charge < -0.3 is 5.32 Å². The Labute approximate surface area is 92.7 Å². The van der Waals surface area contributed by atoms with E-state index in [9.17, 15) is 4.79 Å². The van der Waals surface area contributed by atoms with Crippen LogP contribution in [0, 0.1) is 0 Å². The molecule has 1 N–H and O–H groups in total. The van der Waals surface area contributed by atoms with E-state index in [1.807, 2.05) is 18.2 Å². The summed E-state index contributed by atoms with van der Waals surface area (Å²) >= 11 is 0. The number of hydrogen-bond acceptors (Lipinski definition) is 3. The van der Waals surface area contributed by atoms with Gasteiger partial charge in [-0.2, -0.15) is 0 Å². The summed E-state index contributed by atoms with van der Waals surface area (Å²) in [5, 5.41) is 7.67. The Hall–Kier alpha value is -1.62. The molecule has 2 aromatic rings. The molecule has 0 saturated carbocycles. The smallest absolute Gasteiger partial charge is 0.312 e. The number of nitrogens with zero attached hydrogens (tertiary/aromatic N) is 3. The highest BCUT2D eigenvalue weighted by atomic mass is 16.2. The molecule has 1 saturated heterocycles. The molecule has 1 aliphatic heterocycles. The first-order chi connectivity index (χ1) is 7.84. The predicted molar refractivity (Wildman–Crippen MR) is 60.5 cm³/mol. The fraction of sp³-hybridized carbons (Fsp3) is 0.455. The number of aromatic nitrogens is 3. The van der Waals surface area contributed by atoms with E-state index in [1.54, 1.807) is 15.3 Å². The molecular weight excluding hydrogens is 204 g/mol. The van der Waals surface area contributed by atoms with Crippen LogP contribution >= 0.6 is 0 Å². The third kappa shape index (κ3) is 1.53. The van der Waals surface area contributed by atoms with Gasteiger partial charge in [0.25, 0.3) is 0 Å². The molecule has 2 aromatic heterocycles. The van der Waals surface area contributed by atoms with Crippen molar-refractivity contribution in [1.82, 2.24) is 19.5 Å². The maximum Gasteiger partial charge on any atom is 0.350 e. The van der Waals surface area contributed by atoms with E-state index in [2.05, 4.69) is 10.4 Å². The molecule has 0 aromatic carbocycles. The molecule has 3 heterocycles. The van der Waals surface area contributed by atoms with Gasteiger partial charge in [-0.15, -0.1) is 5.10 Å². The van der Waals surface area contributed by atoms with E-state index in [4.69, 9.17) is 0 Å². The zero-order valence-corrected chi connectivity index (χ0v) is 8.97. The van der Waals surface area contributed by atoms with Crippen molar-refractivity contribution in [3.05, 3.63) is 34.9 Å². The number of rotatable bonds is 2. The van der Waals surface area contributed by atoms with Gasteiger partial charge in [0.2, 0.25) is 0 Å². The summed E-state index contributed by atoms with van der Waals surface area (Å²) in [4.78, 5) is 12.0. The Morgan fingerprint density at radius 2 is 2.44 bits per heavy atom. The van der Waals surface area contributed by atoms with Crippen molar-refractivity contribution in [1.29, 1.82) is 0 Å². The molecule has 1 fully saturated rings. The maximum absolute atomic E-state index is 12.0. The molecule has 0 bridgehead atoms. The summed E-state index contributed by atoms with van der Waals surface area (Å²) in [5.74, 6) is 0. The van der Waals surface area contributed by atoms with Crippen molar-refractivity contribution in [2.24, 2.45) is 0 Å². The van der Waals surface area contributed by atoms with Crippen LogP contribution in [0.1, 0.15) is 12.8 Å². The van der Waals surface area contributed by atoms with E-state index in [0.29, 0.717) is 18.2 Å². The standard InChI is InChI=1S/C11H14N4O/c16-11-14-7-2-1-5-10(14)13-15(11)8-9-4-3-6-12-9/h1-2,5,7,9,12H,3-4,6,8H2/t9-/m0/s1. The summed E-state index contributed by atoms with van der Waals surface area (Å²) in [7, 11) is 0. The average Bonchev–Trinajstić information content (AvgIpc) is 2.90. The van der Waals surface area contributed by atoms with Crippen molar-refractivity contribution in [3.63, 3.8) is 0 Å². The maximum atomic E-state index is 12.0. The highest BCUT2D eigenvalue weighted by Crippen LogP contribution is 2.06. The predicted octanol–water partition coefficient (Wildman–Crippen LogP) is 0.248. The minimum atomic E-state index is -0.0516. The van der Waals surface area contributed by atoms with Crippen LogP contribution in [0.2, 0.25) is 0 Å². The first kappa shape index (κ1) is 9.59. The second-order valence-electron chi connectivity index (χ2n) is 4.19. The van der Waals surface area contributed by atoms with Crippen molar-refractivity contribution < 1.29 is 0 Å². The van der Waals surface area contributed by atoms with Crippen LogP contribution in [0.15, 0.2) is 29.2 Å². The molecule has 3 rings (SSSR count). The van der Waals surface area contributed by atoms with Crippen LogP contribution in [0.4, 0.5) is 0 Å². The zero-order valence-electron chi connectivity index (χ0n) is 8.97. The van der Waals surface area contributed by atoms with E-state index in [1.165, 1.54) is 6.42 Å². The normalized spacial score (nSPS) is 20.6. The Bertz CT molecular complexity index is 550. The number of nitrogens with one attached hydrogen (secondary N) is 1. The van der Waals surface area contributed by atoms with Crippen LogP contribution in [-0.2, 0) is 6.54 Å². The molecule has 0 radical (unpaired) electrons. The Morgan fingerprint density at radius 1 is 1.50 bits per heavy atom. The first-order valence-electron chi connectivity index (χ1n) is 5.62. The number of pyridine rings is 1. The Kier molecular flexibility index (Phi) is 2.25. The summed E-state index contributed by atoms with van der Waals surface area (Å²) in [6, 6.07) is 5.97. The van der Waals surface area contributed by atoms with E-state index < -0.39 is 0 Å². The molecule has 16 heavy (non-hydrogen) atoms. The van der Waals surface area contributed by atoms with Gasteiger partial charge in [-0.25, -0.2) is 9.48 Å². The summed E-state index contributed by atoms with van der Waals surface area (Å²) in [6.45, 7) is 1.72. The van der Waals surface area contributed by atoms with Crippen molar-refractivity contribution in [3.8, 4) is 0 Å². The van der Waals surface area contributed by atoms with Gasteiger partial charge in [0.1, 0.15) is 0 Å². The molecule has 0 unspecified atom stereocenters. The van der Waals surface area contributed by atoms with Gasteiger partial charge >= 0.3 is 5.69 Å². The molecular formula is C11H14N4O. The molecule has 84 valence electrons. The van der Waals surface area contributed by atoms with Crippen LogP contribution in [-0.4, -0.2) is 26.8 Å². The van der Waals surface area contributed by atoms with Gasteiger partial charge in [0, 0.05) is 12.2 Å². The molecule has 0 amide bonds. The zero-order chi connectivity index (χ0) is 11.0. The van der Waals surface area contributed by atoms with Gasteiger partial charge in [0.05, 0.1) is 6.54 Å². The van der Waals surface area contributed by atoms with E-state index >= 15 is 0 Å². The highest BCUT2D eigenvalue weighted by Gasteiger charge is 2.16. The second-order valence-corrected chi connectivity index (χ2v) is 4.19. The number of hydrogen-bond donors (Lipinski definition) is 1. The number of fused-ring (bicyclic) bond motifs is 1. The third-order valence-corrected chi connectivity index (χ3v) is 3.04. The lowest BCUT2D eigenvalue weighted by Crippen LogP contribution is -2.32. The van der Waals surface area contributed by atoms with Gasteiger partial charge in [-0.3, -0.25) is 4.40 Å². The fourth-order valence-electron chi connectivity index (χ4n) is 2.21. The van der Waals surface area contributed by atoms with Gasteiger partial charge in [-0.05, 0) is 31.5 Å². The SMILES string of the molecule is O=c1n(C[C@@H]2CCCN2)nc2ccccn12. The molecule has 1 aliphatic rings. The lowest BCUT2D eigenvalue weighted by molar-refractivity contribution is 0.466. The molecule has 0 spiro atoms. The lowest BCUT2D eigenvalue weighted by Gasteiger charge is -2.07. The van der Waals surface area contributed by atoms with Crippen LogP contribution in [0.3, 0.4) is 0 Å².